The largest absolute Gasteiger partial charge is 0.506 e. The van der Waals surface area contributed by atoms with Gasteiger partial charge >= 0.3 is 5.97 Å². The molecule has 0 spiro atoms. The molecule has 0 amide bonds. The number of ether oxygens (including phenoxy) is 1. The second-order valence-corrected chi connectivity index (χ2v) is 3.23. The molecule has 0 aliphatic heterocycles. The van der Waals surface area contributed by atoms with E-state index in [1.165, 1.54) is 18.4 Å². The number of hydrogen-bond donors (Lipinski definition) is 1. The number of esters is 1. The third-order valence-electron chi connectivity index (χ3n) is 1.56. The average Bonchev–Trinajstić information content (AvgIpc) is 2.45. The summed E-state index contributed by atoms with van der Waals surface area (Å²) in [6.45, 7) is 1.92. The molecule has 1 N–H and O–H groups in total. The van der Waals surface area contributed by atoms with E-state index in [0.717, 1.165) is 11.3 Å². The summed E-state index contributed by atoms with van der Waals surface area (Å²) in [5, 5.41) is 11.1. The molecule has 1 aromatic rings. The highest BCUT2D eigenvalue weighted by molar-refractivity contribution is 7.10. The zero-order valence-corrected chi connectivity index (χ0v) is 7.77. The monoisotopic (exact) mass is 186 g/mol. The van der Waals surface area contributed by atoms with Gasteiger partial charge in [-0.2, -0.15) is 0 Å². The van der Waals surface area contributed by atoms with Crippen molar-refractivity contribution in [2.45, 2.75) is 13.3 Å². The van der Waals surface area contributed by atoms with Crippen molar-refractivity contribution in [1.29, 1.82) is 0 Å². The minimum absolute atomic E-state index is 0.0642. The van der Waals surface area contributed by atoms with Crippen molar-refractivity contribution < 1.29 is 14.6 Å². The summed E-state index contributed by atoms with van der Waals surface area (Å²) in [6.07, 6.45) is 0.730. The summed E-state index contributed by atoms with van der Waals surface area (Å²) < 4.78 is 4.48. The van der Waals surface area contributed by atoms with Gasteiger partial charge in [-0.1, -0.05) is 6.92 Å². The highest BCUT2D eigenvalue weighted by atomic mass is 32.1. The molecule has 0 atom stereocenters. The van der Waals surface area contributed by atoms with Crippen LogP contribution >= 0.6 is 11.3 Å². The molecular formula is C8H10O3S. The summed E-state index contributed by atoms with van der Waals surface area (Å²) in [7, 11) is 1.30. The number of thiophene rings is 1. The average molecular weight is 186 g/mol. The van der Waals surface area contributed by atoms with Gasteiger partial charge in [0.25, 0.3) is 0 Å². The Hall–Kier alpha value is -1.03. The molecule has 3 nitrogen and oxygen atoms in total. The van der Waals surface area contributed by atoms with Crippen molar-refractivity contribution in [3.05, 3.63) is 15.8 Å². The summed E-state index contributed by atoms with van der Waals surface area (Å²) in [4.78, 5) is 11.8. The molecule has 4 heteroatoms. The number of methoxy groups -OCH3 is 1. The number of carbonyl (C=O) groups excluding carboxylic acids is 1. The first-order valence-electron chi connectivity index (χ1n) is 3.58. The predicted octanol–water partition coefficient (Wildman–Crippen LogP) is 1.80. The SMILES string of the molecule is CCc1scc(C(=O)OC)c1O. The molecule has 1 aromatic heterocycles. The van der Waals surface area contributed by atoms with Crippen LogP contribution in [0.3, 0.4) is 0 Å². The highest BCUT2D eigenvalue weighted by Gasteiger charge is 2.15. The van der Waals surface area contributed by atoms with Crippen LogP contribution in [0.1, 0.15) is 22.2 Å². The van der Waals surface area contributed by atoms with Crippen LogP contribution < -0.4 is 0 Å². The Kier molecular flexibility index (Phi) is 2.70. The van der Waals surface area contributed by atoms with Crippen LogP contribution in [0.4, 0.5) is 0 Å². The van der Waals surface area contributed by atoms with Gasteiger partial charge < -0.3 is 9.84 Å². The van der Waals surface area contributed by atoms with Gasteiger partial charge in [-0.05, 0) is 6.42 Å². The lowest BCUT2D eigenvalue weighted by Gasteiger charge is -1.96. The van der Waals surface area contributed by atoms with Gasteiger partial charge in [0, 0.05) is 10.3 Å². The maximum atomic E-state index is 11.0. The molecule has 66 valence electrons. The molecule has 12 heavy (non-hydrogen) atoms. The number of hydrogen-bond acceptors (Lipinski definition) is 4. The van der Waals surface area contributed by atoms with E-state index in [1.807, 2.05) is 6.92 Å². The van der Waals surface area contributed by atoms with E-state index in [2.05, 4.69) is 4.74 Å². The molecule has 0 fully saturated rings. The smallest absolute Gasteiger partial charge is 0.342 e. The van der Waals surface area contributed by atoms with Crippen LogP contribution in [0.15, 0.2) is 5.38 Å². The van der Waals surface area contributed by atoms with Crippen molar-refractivity contribution in [3.8, 4) is 5.75 Å². The van der Waals surface area contributed by atoms with Gasteiger partial charge in [0.15, 0.2) is 0 Å². The number of aryl methyl sites for hydroxylation is 1. The molecule has 1 heterocycles. The predicted molar refractivity (Wildman–Crippen MR) is 46.7 cm³/mol. The van der Waals surface area contributed by atoms with Crippen molar-refractivity contribution in [2.75, 3.05) is 7.11 Å². The van der Waals surface area contributed by atoms with Gasteiger partial charge in [-0.25, -0.2) is 4.79 Å². The topological polar surface area (TPSA) is 46.5 Å². The van der Waals surface area contributed by atoms with E-state index in [0.29, 0.717) is 0 Å². The summed E-state index contributed by atoms with van der Waals surface area (Å²) in [5.74, 6) is -0.419. The van der Waals surface area contributed by atoms with Crippen LogP contribution in [0.25, 0.3) is 0 Å². The van der Waals surface area contributed by atoms with E-state index in [9.17, 15) is 9.90 Å². The Morgan fingerprint density at radius 1 is 1.75 bits per heavy atom. The summed E-state index contributed by atoms with van der Waals surface area (Å²) in [6, 6.07) is 0. The van der Waals surface area contributed by atoms with Crippen LogP contribution in [0, 0.1) is 0 Å². The normalized spacial score (nSPS) is 9.83. The second-order valence-electron chi connectivity index (χ2n) is 2.27. The third-order valence-corrected chi connectivity index (χ3v) is 2.68. The zero-order chi connectivity index (χ0) is 9.14. The standard InChI is InChI=1S/C8H10O3S/c1-3-6-7(9)5(4-12-6)8(10)11-2/h4,9H,3H2,1-2H3. The Bertz CT molecular complexity index is 290. The fourth-order valence-corrected chi connectivity index (χ4v) is 1.75. The summed E-state index contributed by atoms with van der Waals surface area (Å²) in [5.41, 5.74) is 0.263. The first kappa shape index (κ1) is 9.06. The minimum Gasteiger partial charge on any atom is -0.506 e. The van der Waals surface area contributed by atoms with Gasteiger partial charge in [0.2, 0.25) is 0 Å². The van der Waals surface area contributed by atoms with Gasteiger partial charge in [-0.3, -0.25) is 0 Å². The zero-order valence-electron chi connectivity index (χ0n) is 6.96. The maximum absolute atomic E-state index is 11.0. The van der Waals surface area contributed by atoms with E-state index in [4.69, 9.17) is 0 Å². The summed E-state index contributed by atoms with van der Waals surface area (Å²) >= 11 is 1.37. The lowest BCUT2D eigenvalue weighted by Crippen LogP contribution is -1.99. The lowest BCUT2D eigenvalue weighted by molar-refractivity contribution is 0.0598. The maximum Gasteiger partial charge on any atom is 0.342 e. The Morgan fingerprint density at radius 3 is 2.83 bits per heavy atom. The van der Waals surface area contributed by atoms with Gasteiger partial charge in [-0.15, -0.1) is 11.3 Å². The molecule has 0 aromatic carbocycles. The Balaban J connectivity index is 3.02. The fraction of sp³-hybridized carbons (Fsp3) is 0.375. The molecular weight excluding hydrogens is 176 g/mol. The molecule has 0 aliphatic carbocycles. The fourth-order valence-electron chi connectivity index (χ4n) is 0.897. The molecule has 0 saturated carbocycles. The van der Waals surface area contributed by atoms with Crippen molar-refractivity contribution >= 4 is 17.3 Å². The molecule has 0 radical (unpaired) electrons. The van der Waals surface area contributed by atoms with Crippen LogP contribution in [-0.4, -0.2) is 18.2 Å². The van der Waals surface area contributed by atoms with Crippen LogP contribution in [-0.2, 0) is 11.2 Å². The molecule has 1 rings (SSSR count). The van der Waals surface area contributed by atoms with Crippen molar-refractivity contribution in [1.82, 2.24) is 0 Å². The minimum atomic E-state index is -0.483. The van der Waals surface area contributed by atoms with E-state index >= 15 is 0 Å². The Morgan fingerprint density at radius 2 is 2.42 bits per heavy atom. The molecule has 0 unspecified atom stereocenters. The van der Waals surface area contributed by atoms with Gasteiger partial charge in [0.05, 0.1) is 7.11 Å². The first-order valence-corrected chi connectivity index (χ1v) is 4.46. The highest BCUT2D eigenvalue weighted by Crippen LogP contribution is 2.29. The van der Waals surface area contributed by atoms with Gasteiger partial charge in [0.1, 0.15) is 11.3 Å². The van der Waals surface area contributed by atoms with Crippen molar-refractivity contribution in [3.63, 3.8) is 0 Å². The number of carbonyl (C=O) groups is 1. The molecule has 0 aliphatic rings. The third kappa shape index (κ3) is 1.43. The molecule has 0 bridgehead atoms. The second kappa shape index (κ2) is 3.58. The number of rotatable bonds is 2. The first-order chi connectivity index (χ1) is 5.70. The van der Waals surface area contributed by atoms with Crippen LogP contribution in [0.2, 0.25) is 0 Å². The van der Waals surface area contributed by atoms with E-state index < -0.39 is 5.97 Å². The lowest BCUT2D eigenvalue weighted by atomic mass is 10.2. The van der Waals surface area contributed by atoms with Crippen molar-refractivity contribution in [2.24, 2.45) is 0 Å². The molecule has 0 saturated heterocycles. The van der Waals surface area contributed by atoms with E-state index in [1.54, 1.807) is 5.38 Å². The van der Waals surface area contributed by atoms with E-state index in [-0.39, 0.29) is 11.3 Å². The quantitative estimate of drug-likeness (QED) is 0.716. The Labute approximate surface area is 74.6 Å². The van der Waals surface area contributed by atoms with Crippen LogP contribution in [0.5, 0.6) is 5.75 Å². The number of aromatic hydroxyl groups is 1.